The lowest BCUT2D eigenvalue weighted by atomic mass is 10.1. The lowest BCUT2D eigenvalue weighted by Crippen LogP contribution is -1.92. The van der Waals surface area contributed by atoms with E-state index in [1.807, 2.05) is 31.2 Å². The Morgan fingerprint density at radius 2 is 2.07 bits per heavy atom. The van der Waals surface area contributed by atoms with E-state index in [1.54, 1.807) is 7.11 Å². The molecule has 0 aliphatic heterocycles. The van der Waals surface area contributed by atoms with Gasteiger partial charge in [0.2, 0.25) is 0 Å². The van der Waals surface area contributed by atoms with Gasteiger partial charge in [-0.15, -0.1) is 0 Å². The van der Waals surface area contributed by atoms with Gasteiger partial charge < -0.3 is 15.0 Å². The average Bonchev–Trinajstić information content (AvgIpc) is 2.60. The second-order valence-corrected chi connectivity index (χ2v) is 3.21. The average molecular weight is 204 g/mol. The van der Waals surface area contributed by atoms with Crippen molar-refractivity contribution in [3.63, 3.8) is 0 Å². The summed E-state index contributed by atoms with van der Waals surface area (Å²) in [7, 11) is 1.56. The van der Waals surface area contributed by atoms with Gasteiger partial charge in [-0.1, -0.05) is 18.2 Å². The van der Waals surface area contributed by atoms with Crippen LogP contribution in [0.15, 0.2) is 28.8 Å². The molecule has 0 spiro atoms. The minimum Gasteiger partial charge on any atom is -0.478 e. The maximum absolute atomic E-state index is 5.88. The highest BCUT2D eigenvalue weighted by Gasteiger charge is 2.16. The van der Waals surface area contributed by atoms with E-state index in [0.29, 0.717) is 17.3 Å². The summed E-state index contributed by atoms with van der Waals surface area (Å²) in [6.45, 7) is 1.83. The van der Waals surface area contributed by atoms with Crippen molar-refractivity contribution in [2.75, 3.05) is 12.8 Å². The van der Waals surface area contributed by atoms with Crippen LogP contribution in [0.3, 0.4) is 0 Å². The summed E-state index contributed by atoms with van der Waals surface area (Å²) in [5.41, 5.74) is 8.26. The van der Waals surface area contributed by atoms with Crippen molar-refractivity contribution in [3.8, 4) is 17.0 Å². The van der Waals surface area contributed by atoms with E-state index in [9.17, 15) is 0 Å². The third kappa shape index (κ3) is 1.54. The number of aryl methyl sites for hydroxylation is 1. The molecule has 0 aliphatic rings. The van der Waals surface area contributed by atoms with Crippen LogP contribution in [0.5, 0.6) is 5.88 Å². The zero-order chi connectivity index (χ0) is 10.8. The van der Waals surface area contributed by atoms with Crippen molar-refractivity contribution in [1.82, 2.24) is 5.16 Å². The number of nitrogens with zero attached hydrogens (tertiary/aromatic N) is 1. The fourth-order valence-corrected chi connectivity index (χ4v) is 1.52. The Hall–Kier alpha value is -1.97. The van der Waals surface area contributed by atoms with E-state index in [0.717, 1.165) is 11.1 Å². The Kier molecular flexibility index (Phi) is 2.33. The predicted molar refractivity (Wildman–Crippen MR) is 57.6 cm³/mol. The second kappa shape index (κ2) is 3.65. The Morgan fingerprint density at radius 3 is 2.73 bits per heavy atom. The molecule has 0 saturated carbocycles. The van der Waals surface area contributed by atoms with Gasteiger partial charge in [-0.2, -0.15) is 0 Å². The summed E-state index contributed by atoms with van der Waals surface area (Å²) in [5, 5.41) is 3.80. The summed E-state index contributed by atoms with van der Waals surface area (Å²) in [4.78, 5) is 0. The summed E-state index contributed by atoms with van der Waals surface area (Å²) >= 11 is 0. The molecule has 2 N–H and O–H groups in total. The predicted octanol–water partition coefficient (Wildman–Crippen LogP) is 2.24. The molecule has 1 aromatic carbocycles. The van der Waals surface area contributed by atoms with E-state index >= 15 is 0 Å². The molecule has 4 nitrogen and oxygen atoms in total. The highest BCUT2D eigenvalue weighted by Crippen LogP contribution is 2.35. The topological polar surface area (TPSA) is 61.3 Å². The summed E-state index contributed by atoms with van der Waals surface area (Å²) in [6, 6.07) is 7.55. The Morgan fingerprint density at radius 1 is 1.33 bits per heavy atom. The Balaban J connectivity index is 2.63. The molecule has 0 aliphatic carbocycles. The van der Waals surface area contributed by atoms with Gasteiger partial charge in [-0.05, 0) is 18.1 Å². The van der Waals surface area contributed by atoms with E-state index in [4.69, 9.17) is 15.0 Å². The summed E-state index contributed by atoms with van der Waals surface area (Å²) in [5.74, 6) is 1.16. The molecular weight excluding hydrogens is 192 g/mol. The van der Waals surface area contributed by atoms with E-state index in [-0.39, 0.29) is 0 Å². The molecule has 0 radical (unpaired) electrons. The molecule has 78 valence electrons. The summed E-state index contributed by atoms with van der Waals surface area (Å²) < 4.78 is 10.2. The van der Waals surface area contributed by atoms with E-state index in [2.05, 4.69) is 5.16 Å². The van der Waals surface area contributed by atoms with Crippen molar-refractivity contribution < 1.29 is 9.26 Å². The van der Waals surface area contributed by atoms with Crippen LogP contribution in [0.4, 0.5) is 5.69 Å². The van der Waals surface area contributed by atoms with Crippen LogP contribution in [-0.2, 0) is 0 Å². The number of aromatic nitrogens is 1. The maximum Gasteiger partial charge on any atom is 0.262 e. The minimum absolute atomic E-state index is 0.463. The Labute approximate surface area is 87.6 Å². The minimum atomic E-state index is 0.463. The molecule has 0 unspecified atom stereocenters. The molecule has 4 heteroatoms. The number of methoxy groups -OCH3 is 1. The van der Waals surface area contributed by atoms with Gasteiger partial charge in [0.05, 0.1) is 12.7 Å². The molecule has 0 atom stereocenters. The molecule has 0 fully saturated rings. The van der Waals surface area contributed by atoms with Crippen LogP contribution >= 0.6 is 0 Å². The third-order valence-electron chi connectivity index (χ3n) is 2.25. The van der Waals surface area contributed by atoms with Gasteiger partial charge in [0.1, 0.15) is 5.76 Å². The first-order valence-electron chi connectivity index (χ1n) is 4.59. The van der Waals surface area contributed by atoms with Gasteiger partial charge in [0.15, 0.2) is 0 Å². The number of anilines is 1. The molecular formula is C11H12N2O2. The monoisotopic (exact) mass is 204 g/mol. The largest absolute Gasteiger partial charge is 0.478 e. The molecule has 0 saturated heterocycles. The summed E-state index contributed by atoms with van der Waals surface area (Å²) in [6.07, 6.45) is 0. The number of rotatable bonds is 2. The first-order chi connectivity index (χ1) is 7.24. The maximum atomic E-state index is 5.88. The number of ether oxygens (including phenoxy) is 1. The zero-order valence-electron chi connectivity index (χ0n) is 8.65. The smallest absolute Gasteiger partial charge is 0.262 e. The SMILES string of the molecule is COc1noc(C)c1-c1ccccc1N. The van der Waals surface area contributed by atoms with Gasteiger partial charge in [-0.25, -0.2) is 0 Å². The van der Waals surface area contributed by atoms with Crippen LogP contribution in [0.2, 0.25) is 0 Å². The van der Waals surface area contributed by atoms with Crippen molar-refractivity contribution in [1.29, 1.82) is 0 Å². The van der Waals surface area contributed by atoms with E-state index < -0.39 is 0 Å². The van der Waals surface area contributed by atoms with Gasteiger partial charge in [0.25, 0.3) is 5.88 Å². The van der Waals surface area contributed by atoms with Crippen molar-refractivity contribution >= 4 is 5.69 Å². The zero-order valence-corrected chi connectivity index (χ0v) is 8.65. The fourth-order valence-electron chi connectivity index (χ4n) is 1.52. The number of nitrogens with two attached hydrogens (primary N) is 1. The van der Waals surface area contributed by atoms with Crippen LogP contribution in [0.25, 0.3) is 11.1 Å². The van der Waals surface area contributed by atoms with E-state index in [1.165, 1.54) is 0 Å². The number of nitrogen functional groups attached to an aromatic ring is 1. The Bertz CT molecular complexity index is 477. The van der Waals surface area contributed by atoms with Gasteiger partial charge in [-0.3, -0.25) is 0 Å². The molecule has 1 aromatic heterocycles. The molecule has 2 aromatic rings. The standard InChI is InChI=1S/C11H12N2O2/c1-7-10(11(14-2)13-15-7)8-5-3-4-6-9(8)12/h3-6H,12H2,1-2H3. The number of hydrogen-bond acceptors (Lipinski definition) is 4. The van der Waals surface area contributed by atoms with Crippen molar-refractivity contribution in [2.24, 2.45) is 0 Å². The first kappa shape index (κ1) is 9.58. The molecule has 0 bridgehead atoms. The normalized spacial score (nSPS) is 10.3. The lowest BCUT2D eigenvalue weighted by Gasteiger charge is -2.04. The van der Waals surface area contributed by atoms with Crippen molar-refractivity contribution in [2.45, 2.75) is 6.92 Å². The molecule has 1 heterocycles. The molecule has 0 amide bonds. The number of para-hydroxylation sites is 1. The van der Waals surface area contributed by atoms with Crippen LogP contribution in [0.1, 0.15) is 5.76 Å². The first-order valence-corrected chi connectivity index (χ1v) is 4.59. The lowest BCUT2D eigenvalue weighted by molar-refractivity contribution is 0.331. The highest BCUT2D eigenvalue weighted by molar-refractivity contribution is 5.80. The van der Waals surface area contributed by atoms with Crippen LogP contribution in [0, 0.1) is 6.92 Å². The van der Waals surface area contributed by atoms with Gasteiger partial charge in [0, 0.05) is 11.3 Å². The second-order valence-electron chi connectivity index (χ2n) is 3.21. The molecule has 15 heavy (non-hydrogen) atoms. The number of hydrogen-bond donors (Lipinski definition) is 1. The quantitative estimate of drug-likeness (QED) is 0.762. The van der Waals surface area contributed by atoms with Crippen molar-refractivity contribution in [3.05, 3.63) is 30.0 Å². The molecule has 2 rings (SSSR count). The highest BCUT2D eigenvalue weighted by atomic mass is 16.5. The fraction of sp³-hybridized carbons (Fsp3) is 0.182. The van der Waals surface area contributed by atoms with Crippen LogP contribution in [-0.4, -0.2) is 12.3 Å². The van der Waals surface area contributed by atoms with Crippen LogP contribution < -0.4 is 10.5 Å². The number of benzene rings is 1. The third-order valence-corrected chi connectivity index (χ3v) is 2.25. The van der Waals surface area contributed by atoms with Gasteiger partial charge >= 0.3 is 0 Å².